The molecule has 4 rings (SSSR count). The first kappa shape index (κ1) is 26.5. The average Bonchev–Trinajstić information content (AvgIpc) is 3.27. The van der Waals surface area contributed by atoms with Gasteiger partial charge in [-0.15, -0.1) is 0 Å². The molecule has 2 aromatic rings. The number of ether oxygens (including phenoxy) is 1. The van der Waals surface area contributed by atoms with Gasteiger partial charge in [-0.2, -0.15) is 13.2 Å². The molecule has 2 fully saturated rings. The fourth-order valence-corrected chi connectivity index (χ4v) is 5.41. The molecule has 1 amide bonds. The van der Waals surface area contributed by atoms with Gasteiger partial charge in [0.2, 0.25) is 5.91 Å². The van der Waals surface area contributed by atoms with E-state index in [-0.39, 0.29) is 30.1 Å². The zero-order valence-electron chi connectivity index (χ0n) is 20.8. The van der Waals surface area contributed by atoms with E-state index in [9.17, 15) is 18.0 Å². The topological polar surface area (TPSA) is 44.8 Å². The molecule has 2 saturated heterocycles. The van der Waals surface area contributed by atoms with E-state index in [0.717, 1.165) is 38.2 Å². The number of likely N-dealkylation sites (tertiary alicyclic amines) is 2. The summed E-state index contributed by atoms with van der Waals surface area (Å²) >= 11 is 0. The SMILES string of the molecule is CN1CCC[C@H]1CCNC(=O)[C@@H]1C[C@H](COc2cccc(C(F)(F)F)c2)CN(Cc2ccccc2)C1. The number of rotatable bonds is 9. The Hall–Kier alpha value is -2.58. The summed E-state index contributed by atoms with van der Waals surface area (Å²) in [6.45, 7) is 4.15. The van der Waals surface area contributed by atoms with Crippen molar-refractivity contribution in [1.29, 1.82) is 0 Å². The zero-order valence-corrected chi connectivity index (χ0v) is 20.8. The van der Waals surface area contributed by atoms with Crippen LogP contribution in [-0.4, -0.2) is 61.6 Å². The lowest BCUT2D eigenvalue weighted by Crippen LogP contribution is -2.47. The second-order valence-corrected chi connectivity index (χ2v) is 10.2. The van der Waals surface area contributed by atoms with E-state index in [0.29, 0.717) is 25.6 Å². The minimum Gasteiger partial charge on any atom is -0.493 e. The first-order chi connectivity index (χ1) is 17.3. The quantitative estimate of drug-likeness (QED) is 0.533. The highest BCUT2D eigenvalue weighted by molar-refractivity contribution is 5.79. The summed E-state index contributed by atoms with van der Waals surface area (Å²) in [6, 6.07) is 15.6. The second kappa shape index (κ2) is 12.1. The lowest BCUT2D eigenvalue weighted by atomic mass is 9.88. The molecule has 3 atom stereocenters. The molecule has 2 aliphatic rings. The lowest BCUT2D eigenvalue weighted by Gasteiger charge is -2.37. The van der Waals surface area contributed by atoms with Crippen molar-refractivity contribution >= 4 is 5.91 Å². The number of nitrogens with one attached hydrogen (secondary N) is 1. The monoisotopic (exact) mass is 503 g/mol. The molecule has 2 heterocycles. The van der Waals surface area contributed by atoms with Gasteiger partial charge in [-0.3, -0.25) is 9.69 Å². The molecule has 0 saturated carbocycles. The number of hydrogen-bond acceptors (Lipinski definition) is 4. The number of carbonyl (C=O) groups is 1. The fourth-order valence-electron chi connectivity index (χ4n) is 5.41. The van der Waals surface area contributed by atoms with Crippen LogP contribution in [-0.2, 0) is 17.5 Å². The van der Waals surface area contributed by atoms with Crippen molar-refractivity contribution in [2.24, 2.45) is 11.8 Å². The third-order valence-electron chi connectivity index (χ3n) is 7.33. The molecule has 0 bridgehead atoms. The van der Waals surface area contributed by atoms with Crippen molar-refractivity contribution in [3.05, 3.63) is 65.7 Å². The van der Waals surface area contributed by atoms with E-state index in [1.54, 1.807) is 6.07 Å². The fraction of sp³-hybridized carbons (Fsp3) is 0.536. The Morgan fingerprint density at radius 2 is 1.92 bits per heavy atom. The highest BCUT2D eigenvalue weighted by atomic mass is 19.4. The van der Waals surface area contributed by atoms with E-state index in [1.165, 1.54) is 24.5 Å². The Kier molecular flexibility index (Phi) is 8.90. The van der Waals surface area contributed by atoms with E-state index in [1.807, 2.05) is 18.2 Å². The Labute approximate surface area is 211 Å². The Balaban J connectivity index is 1.37. The van der Waals surface area contributed by atoms with Gasteiger partial charge in [0.1, 0.15) is 5.75 Å². The Morgan fingerprint density at radius 3 is 2.64 bits per heavy atom. The second-order valence-electron chi connectivity index (χ2n) is 10.2. The average molecular weight is 504 g/mol. The number of hydrogen-bond donors (Lipinski definition) is 1. The predicted molar refractivity (Wildman–Crippen MR) is 134 cm³/mol. The maximum absolute atomic E-state index is 13.1. The van der Waals surface area contributed by atoms with Crippen molar-refractivity contribution in [2.75, 3.05) is 39.8 Å². The van der Waals surface area contributed by atoms with Gasteiger partial charge in [0.25, 0.3) is 0 Å². The molecule has 0 unspecified atom stereocenters. The summed E-state index contributed by atoms with van der Waals surface area (Å²) in [4.78, 5) is 17.7. The number of alkyl halides is 3. The summed E-state index contributed by atoms with van der Waals surface area (Å²) in [5.41, 5.74) is 0.444. The van der Waals surface area contributed by atoms with E-state index < -0.39 is 11.7 Å². The molecule has 1 N–H and O–H groups in total. The standard InChI is InChI=1S/C28H36F3N3O2/c1-33-14-6-10-25(33)12-13-32-27(35)23-15-22(18-34(19-23)17-21-7-3-2-4-8-21)20-36-26-11-5-9-24(16-26)28(29,30)31/h2-5,7-9,11,16,22-23,25H,6,10,12-15,17-20H2,1H3,(H,32,35)/t22-,23+,25-/m0/s1. The number of amides is 1. The van der Waals surface area contributed by atoms with Gasteiger partial charge in [-0.25, -0.2) is 0 Å². The van der Waals surface area contributed by atoms with Crippen LogP contribution < -0.4 is 10.1 Å². The lowest BCUT2D eigenvalue weighted by molar-refractivity contribution is -0.137. The number of halogens is 3. The van der Waals surface area contributed by atoms with Crippen LogP contribution in [0.25, 0.3) is 0 Å². The van der Waals surface area contributed by atoms with E-state index in [4.69, 9.17) is 4.74 Å². The number of carbonyl (C=O) groups excluding carboxylic acids is 1. The smallest absolute Gasteiger partial charge is 0.416 e. The third-order valence-corrected chi connectivity index (χ3v) is 7.33. The Morgan fingerprint density at radius 1 is 1.11 bits per heavy atom. The predicted octanol–water partition coefficient (Wildman–Crippen LogP) is 4.82. The molecule has 8 heteroatoms. The minimum absolute atomic E-state index is 0.0359. The van der Waals surface area contributed by atoms with Crippen molar-refractivity contribution in [2.45, 2.75) is 44.4 Å². The minimum atomic E-state index is -4.41. The summed E-state index contributed by atoms with van der Waals surface area (Å²) in [6.07, 6.45) is -0.424. The molecule has 0 aliphatic carbocycles. The maximum Gasteiger partial charge on any atom is 0.416 e. The largest absolute Gasteiger partial charge is 0.493 e. The van der Waals surface area contributed by atoms with Crippen LogP contribution >= 0.6 is 0 Å². The first-order valence-electron chi connectivity index (χ1n) is 12.8. The Bertz CT molecular complexity index is 986. The molecule has 0 radical (unpaired) electrons. The van der Waals surface area contributed by atoms with Crippen LogP contribution in [0.4, 0.5) is 13.2 Å². The molecule has 2 aromatic carbocycles. The highest BCUT2D eigenvalue weighted by Crippen LogP contribution is 2.32. The van der Waals surface area contributed by atoms with Crippen LogP contribution in [0.1, 0.15) is 36.8 Å². The first-order valence-corrected chi connectivity index (χ1v) is 12.8. The van der Waals surface area contributed by atoms with Gasteiger partial charge in [-0.1, -0.05) is 36.4 Å². The van der Waals surface area contributed by atoms with Gasteiger partial charge < -0.3 is 15.0 Å². The van der Waals surface area contributed by atoms with Crippen LogP contribution in [0.3, 0.4) is 0 Å². The summed E-state index contributed by atoms with van der Waals surface area (Å²) in [5.74, 6) is 0.108. The molecule has 0 aromatic heterocycles. The van der Waals surface area contributed by atoms with Crippen molar-refractivity contribution in [3.63, 3.8) is 0 Å². The van der Waals surface area contributed by atoms with Gasteiger partial charge in [0.05, 0.1) is 18.1 Å². The molecular weight excluding hydrogens is 467 g/mol. The molecule has 2 aliphatic heterocycles. The molecular formula is C28H36F3N3O2. The molecule has 0 spiro atoms. The van der Waals surface area contributed by atoms with Crippen LogP contribution in [0.5, 0.6) is 5.75 Å². The normalized spacial score (nSPS) is 23.5. The maximum atomic E-state index is 13.1. The molecule has 196 valence electrons. The number of piperidine rings is 1. The summed E-state index contributed by atoms with van der Waals surface area (Å²) < 4.78 is 45.0. The van der Waals surface area contributed by atoms with Gasteiger partial charge in [-0.05, 0) is 63.0 Å². The van der Waals surface area contributed by atoms with Gasteiger partial charge in [0, 0.05) is 38.1 Å². The van der Waals surface area contributed by atoms with E-state index >= 15 is 0 Å². The van der Waals surface area contributed by atoms with Crippen molar-refractivity contribution in [3.8, 4) is 5.75 Å². The highest BCUT2D eigenvalue weighted by Gasteiger charge is 2.33. The molecule has 36 heavy (non-hydrogen) atoms. The van der Waals surface area contributed by atoms with Crippen molar-refractivity contribution < 1.29 is 22.7 Å². The summed E-state index contributed by atoms with van der Waals surface area (Å²) in [7, 11) is 2.14. The number of benzene rings is 2. The zero-order chi connectivity index (χ0) is 25.5. The molecule has 5 nitrogen and oxygen atoms in total. The van der Waals surface area contributed by atoms with Gasteiger partial charge >= 0.3 is 6.18 Å². The van der Waals surface area contributed by atoms with Crippen LogP contribution in [0, 0.1) is 11.8 Å². The van der Waals surface area contributed by atoms with E-state index in [2.05, 4.69) is 34.3 Å². The van der Waals surface area contributed by atoms with Crippen LogP contribution in [0.15, 0.2) is 54.6 Å². The van der Waals surface area contributed by atoms with Gasteiger partial charge in [0.15, 0.2) is 0 Å². The van der Waals surface area contributed by atoms with Crippen LogP contribution in [0.2, 0.25) is 0 Å². The van der Waals surface area contributed by atoms with Crippen molar-refractivity contribution in [1.82, 2.24) is 15.1 Å². The summed E-state index contributed by atoms with van der Waals surface area (Å²) in [5, 5.41) is 3.14. The third kappa shape index (κ3) is 7.46. The number of nitrogens with zero attached hydrogens (tertiary/aromatic N) is 2.